The van der Waals surface area contributed by atoms with Crippen LogP contribution in [0, 0.1) is 0 Å². The Hall–Kier alpha value is -2.67. The van der Waals surface area contributed by atoms with Gasteiger partial charge in [0, 0.05) is 35.6 Å². The molecule has 3 aromatic rings. The van der Waals surface area contributed by atoms with Crippen LogP contribution in [-0.4, -0.2) is 15.6 Å². The predicted octanol–water partition coefficient (Wildman–Crippen LogP) is 2.64. The van der Waals surface area contributed by atoms with Crippen LogP contribution in [0.2, 0.25) is 0 Å². The van der Waals surface area contributed by atoms with E-state index in [-0.39, 0.29) is 5.56 Å². The molecule has 2 N–H and O–H groups in total. The molecule has 2 aromatic heterocycles. The van der Waals surface area contributed by atoms with Crippen molar-refractivity contribution >= 4 is 39.0 Å². The summed E-state index contributed by atoms with van der Waals surface area (Å²) in [6, 6.07) is 6.76. The molecule has 0 aliphatic heterocycles. The zero-order chi connectivity index (χ0) is 14.8. The van der Waals surface area contributed by atoms with Crippen LogP contribution >= 0.6 is 11.3 Å². The Morgan fingerprint density at radius 1 is 1.24 bits per heavy atom. The van der Waals surface area contributed by atoms with Gasteiger partial charge < -0.3 is 9.88 Å². The van der Waals surface area contributed by atoms with Gasteiger partial charge in [0.1, 0.15) is 0 Å². The summed E-state index contributed by atoms with van der Waals surface area (Å²) in [6.07, 6.45) is 3.22. The monoisotopic (exact) mass is 300 g/mol. The van der Waals surface area contributed by atoms with E-state index in [1.807, 2.05) is 6.07 Å². The highest BCUT2D eigenvalue weighted by atomic mass is 32.1. The number of urea groups is 1. The number of thiazole rings is 1. The number of hydrogen-bond donors (Lipinski definition) is 2. The van der Waals surface area contributed by atoms with Crippen LogP contribution in [0.4, 0.5) is 15.6 Å². The van der Waals surface area contributed by atoms with Gasteiger partial charge in [0.15, 0.2) is 5.13 Å². The number of fused-ring (bicyclic) bond motifs is 1. The van der Waals surface area contributed by atoms with Crippen molar-refractivity contribution in [3.63, 3.8) is 0 Å². The summed E-state index contributed by atoms with van der Waals surface area (Å²) in [5.74, 6) is 0. The van der Waals surface area contributed by atoms with Crippen molar-refractivity contribution < 1.29 is 4.79 Å². The molecular formula is C14H12N4O2S. The average Bonchev–Trinajstić information content (AvgIpc) is 2.97. The summed E-state index contributed by atoms with van der Waals surface area (Å²) >= 11 is 1.33. The van der Waals surface area contributed by atoms with E-state index < -0.39 is 6.03 Å². The fourth-order valence-corrected chi connectivity index (χ4v) is 2.58. The summed E-state index contributed by atoms with van der Waals surface area (Å²) in [4.78, 5) is 28.0. The standard InChI is InChI=1S/C14H12N4O2S/c1-18-8-11(9-4-2-3-5-10(9)12(18)19)16-13(20)17-14-15-6-7-21-14/h2-8H,1H3,(H2,15,16,17,20). The third-order valence-electron chi connectivity index (χ3n) is 2.99. The molecule has 1 aromatic carbocycles. The van der Waals surface area contributed by atoms with Gasteiger partial charge in [0.05, 0.1) is 5.69 Å². The molecule has 0 aliphatic carbocycles. The lowest BCUT2D eigenvalue weighted by atomic mass is 10.1. The van der Waals surface area contributed by atoms with Crippen molar-refractivity contribution in [2.24, 2.45) is 7.05 Å². The molecule has 0 spiro atoms. The second-order valence-electron chi connectivity index (χ2n) is 4.42. The van der Waals surface area contributed by atoms with Crippen LogP contribution in [0.3, 0.4) is 0 Å². The third-order valence-corrected chi connectivity index (χ3v) is 3.68. The van der Waals surface area contributed by atoms with Crippen molar-refractivity contribution in [1.29, 1.82) is 0 Å². The molecule has 0 fully saturated rings. The summed E-state index contributed by atoms with van der Waals surface area (Å²) < 4.78 is 1.45. The van der Waals surface area contributed by atoms with Gasteiger partial charge in [-0.15, -0.1) is 11.3 Å². The minimum Gasteiger partial charge on any atom is -0.316 e. The quantitative estimate of drug-likeness (QED) is 0.764. The van der Waals surface area contributed by atoms with Crippen LogP contribution < -0.4 is 16.2 Å². The van der Waals surface area contributed by atoms with Crippen LogP contribution in [0.25, 0.3) is 10.8 Å². The number of rotatable bonds is 2. The van der Waals surface area contributed by atoms with Crippen LogP contribution in [0.1, 0.15) is 0 Å². The molecule has 0 aliphatic rings. The number of anilines is 2. The predicted molar refractivity (Wildman–Crippen MR) is 83.9 cm³/mol. The molecule has 3 rings (SSSR count). The van der Waals surface area contributed by atoms with E-state index >= 15 is 0 Å². The lowest BCUT2D eigenvalue weighted by molar-refractivity contribution is 0.262. The van der Waals surface area contributed by atoms with E-state index in [4.69, 9.17) is 0 Å². The van der Waals surface area contributed by atoms with Gasteiger partial charge in [0.25, 0.3) is 5.56 Å². The van der Waals surface area contributed by atoms with Crippen molar-refractivity contribution in [1.82, 2.24) is 9.55 Å². The zero-order valence-electron chi connectivity index (χ0n) is 11.2. The van der Waals surface area contributed by atoms with E-state index in [1.165, 1.54) is 15.9 Å². The van der Waals surface area contributed by atoms with E-state index in [2.05, 4.69) is 15.6 Å². The first kappa shape index (κ1) is 13.3. The van der Waals surface area contributed by atoms with Crippen LogP contribution in [0.15, 0.2) is 46.8 Å². The number of pyridine rings is 1. The second-order valence-corrected chi connectivity index (χ2v) is 5.32. The molecule has 0 saturated carbocycles. The Morgan fingerprint density at radius 2 is 2.00 bits per heavy atom. The molecule has 2 amide bonds. The SMILES string of the molecule is Cn1cc(NC(=O)Nc2nccs2)c2ccccc2c1=O. The second kappa shape index (κ2) is 5.37. The fraction of sp³-hybridized carbons (Fsp3) is 0.0714. The Morgan fingerprint density at radius 3 is 2.71 bits per heavy atom. The molecular weight excluding hydrogens is 288 g/mol. The normalized spacial score (nSPS) is 10.5. The Balaban J connectivity index is 1.95. The summed E-state index contributed by atoms with van der Waals surface area (Å²) in [7, 11) is 1.65. The smallest absolute Gasteiger partial charge is 0.316 e. The number of carbonyl (C=O) groups is 1. The summed E-state index contributed by atoms with van der Waals surface area (Å²) in [5, 5.41) is 8.94. The lowest BCUT2D eigenvalue weighted by Crippen LogP contribution is -2.22. The molecule has 106 valence electrons. The van der Waals surface area contributed by atoms with Gasteiger partial charge in [-0.1, -0.05) is 18.2 Å². The maximum atomic E-state index is 12.0. The van der Waals surface area contributed by atoms with Gasteiger partial charge in [-0.05, 0) is 6.07 Å². The largest absolute Gasteiger partial charge is 0.325 e. The highest BCUT2D eigenvalue weighted by molar-refractivity contribution is 7.13. The number of aryl methyl sites for hydroxylation is 1. The topological polar surface area (TPSA) is 76.0 Å². The Bertz CT molecular complexity index is 855. The van der Waals surface area contributed by atoms with Crippen molar-refractivity contribution in [3.05, 3.63) is 52.4 Å². The van der Waals surface area contributed by atoms with Gasteiger partial charge in [0.2, 0.25) is 0 Å². The average molecular weight is 300 g/mol. The van der Waals surface area contributed by atoms with Gasteiger partial charge in [-0.3, -0.25) is 10.1 Å². The molecule has 21 heavy (non-hydrogen) atoms. The first-order chi connectivity index (χ1) is 10.1. The maximum Gasteiger partial charge on any atom is 0.325 e. The van der Waals surface area contributed by atoms with E-state index in [1.54, 1.807) is 43.0 Å². The summed E-state index contributed by atoms with van der Waals surface area (Å²) in [5.41, 5.74) is 0.471. The van der Waals surface area contributed by atoms with E-state index in [9.17, 15) is 9.59 Å². The van der Waals surface area contributed by atoms with Crippen LogP contribution in [0.5, 0.6) is 0 Å². The zero-order valence-corrected chi connectivity index (χ0v) is 12.0. The first-order valence-corrected chi connectivity index (χ1v) is 7.09. The highest BCUT2D eigenvalue weighted by Crippen LogP contribution is 2.20. The number of hydrogen-bond acceptors (Lipinski definition) is 4. The molecule has 0 unspecified atom stereocenters. The molecule has 0 radical (unpaired) electrons. The molecule has 7 heteroatoms. The number of carbonyl (C=O) groups excluding carboxylic acids is 1. The molecule has 0 atom stereocenters. The van der Waals surface area contributed by atoms with Gasteiger partial charge in [-0.2, -0.15) is 0 Å². The maximum absolute atomic E-state index is 12.0. The number of amides is 2. The van der Waals surface area contributed by atoms with E-state index in [0.29, 0.717) is 21.6 Å². The summed E-state index contributed by atoms with van der Waals surface area (Å²) in [6.45, 7) is 0. The highest BCUT2D eigenvalue weighted by Gasteiger charge is 2.10. The first-order valence-electron chi connectivity index (χ1n) is 6.21. The van der Waals surface area contributed by atoms with Crippen molar-refractivity contribution in [2.75, 3.05) is 10.6 Å². The van der Waals surface area contributed by atoms with Gasteiger partial charge >= 0.3 is 6.03 Å². The van der Waals surface area contributed by atoms with E-state index in [0.717, 1.165) is 0 Å². The minimum atomic E-state index is -0.395. The van der Waals surface area contributed by atoms with Gasteiger partial charge in [-0.25, -0.2) is 9.78 Å². The molecule has 2 heterocycles. The number of aromatic nitrogens is 2. The Labute approximate surface area is 124 Å². The molecule has 0 saturated heterocycles. The lowest BCUT2D eigenvalue weighted by Gasteiger charge is -2.10. The van der Waals surface area contributed by atoms with Crippen molar-refractivity contribution in [2.45, 2.75) is 0 Å². The third kappa shape index (κ3) is 2.63. The minimum absolute atomic E-state index is 0.100. The van der Waals surface area contributed by atoms with Crippen molar-refractivity contribution in [3.8, 4) is 0 Å². The Kier molecular flexibility index (Phi) is 3.41. The fourth-order valence-electron chi connectivity index (χ4n) is 2.05. The number of nitrogens with one attached hydrogen (secondary N) is 2. The van der Waals surface area contributed by atoms with Crippen LogP contribution in [-0.2, 0) is 7.05 Å². The number of nitrogens with zero attached hydrogens (tertiary/aromatic N) is 2. The number of benzene rings is 1. The molecule has 6 nitrogen and oxygen atoms in total. The molecule has 0 bridgehead atoms.